The normalized spacial score (nSPS) is 28.3. The quantitative estimate of drug-likeness (QED) is 0.622. The van der Waals surface area contributed by atoms with E-state index < -0.39 is 0 Å². The highest BCUT2D eigenvalue weighted by atomic mass is 16.6. The van der Waals surface area contributed by atoms with Gasteiger partial charge in [-0.1, -0.05) is 0 Å². The molecule has 132 valence electrons. The van der Waals surface area contributed by atoms with E-state index in [-0.39, 0.29) is 22.8 Å². The molecule has 2 fully saturated rings. The zero-order valence-electron chi connectivity index (χ0n) is 14.6. The molecule has 0 unspecified atom stereocenters. The Balaban J connectivity index is 1.71. The van der Waals surface area contributed by atoms with Crippen molar-refractivity contribution >= 4 is 11.5 Å². The molecule has 1 aromatic rings. The van der Waals surface area contributed by atoms with Gasteiger partial charge in [0.2, 0.25) is 0 Å². The number of nitrogens with zero attached hydrogens (tertiary/aromatic N) is 4. The summed E-state index contributed by atoms with van der Waals surface area (Å²) in [4.78, 5) is 19.9. The van der Waals surface area contributed by atoms with Gasteiger partial charge in [0.05, 0.1) is 17.1 Å². The molecule has 0 amide bonds. The summed E-state index contributed by atoms with van der Waals surface area (Å²) >= 11 is 0. The topological polar surface area (TPSA) is 71.7 Å². The van der Waals surface area contributed by atoms with Gasteiger partial charge in [0.1, 0.15) is 11.5 Å². The van der Waals surface area contributed by atoms with E-state index >= 15 is 0 Å². The molecule has 0 bridgehead atoms. The lowest BCUT2D eigenvalue weighted by Gasteiger charge is -2.38. The van der Waals surface area contributed by atoms with Crippen molar-refractivity contribution in [3.63, 3.8) is 0 Å². The van der Waals surface area contributed by atoms with Gasteiger partial charge in [-0.25, -0.2) is 4.98 Å². The first-order valence-corrected chi connectivity index (χ1v) is 8.70. The molecule has 2 saturated heterocycles. The summed E-state index contributed by atoms with van der Waals surface area (Å²) in [5, 5.41) is 11.0. The highest BCUT2D eigenvalue weighted by molar-refractivity contribution is 5.48. The molecule has 3 atom stereocenters. The lowest BCUT2D eigenvalue weighted by atomic mass is 10.1. The maximum Gasteiger partial charge on any atom is 0.290 e. The standard InChI is InChI=1S/C17H26N4O3/c1-12-9-19(10-13(2)24-12)11-15-5-4-8-20(15)17-7-6-16(21(22)23)14(3)18-17/h6-7,12-13,15H,4-5,8-11H2,1-3H3/t12-,13-,15+/m0/s1. The van der Waals surface area contributed by atoms with Crippen molar-refractivity contribution in [2.75, 3.05) is 31.1 Å². The maximum absolute atomic E-state index is 11.0. The van der Waals surface area contributed by atoms with Gasteiger partial charge in [-0.3, -0.25) is 15.0 Å². The fourth-order valence-corrected chi connectivity index (χ4v) is 3.95. The Bertz CT molecular complexity index is 599. The smallest absolute Gasteiger partial charge is 0.290 e. The molecule has 7 nitrogen and oxygen atoms in total. The Morgan fingerprint density at radius 2 is 2.04 bits per heavy atom. The molecule has 2 aliphatic heterocycles. The van der Waals surface area contributed by atoms with Gasteiger partial charge < -0.3 is 9.64 Å². The van der Waals surface area contributed by atoms with E-state index in [1.807, 2.05) is 0 Å². The van der Waals surface area contributed by atoms with Gasteiger partial charge >= 0.3 is 0 Å². The van der Waals surface area contributed by atoms with Crippen LogP contribution in [-0.4, -0.2) is 59.2 Å². The number of hydrogen-bond acceptors (Lipinski definition) is 6. The zero-order chi connectivity index (χ0) is 17.3. The molecule has 1 aromatic heterocycles. The van der Waals surface area contributed by atoms with Crippen molar-refractivity contribution in [1.82, 2.24) is 9.88 Å². The summed E-state index contributed by atoms with van der Waals surface area (Å²) in [6, 6.07) is 3.77. The summed E-state index contributed by atoms with van der Waals surface area (Å²) in [6.45, 7) is 9.83. The second kappa shape index (κ2) is 7.03. The van der Waals surface area contributed by atoms with Crippen LogP contribution >= 0.6 is 0 Å². The first-order valence-electron chi connectivity index (χ1n) is 8.70. The minimum absolute atomic E-state index is 0.0883. The third kappa shape index (κ3) is 3.67. The molecule has 0 aliphatic carbocycles. The van der Waals surface area contributed by atoms with E-state index in [0.29, 0.717) is 11.7 Å². The van der Waals surface area contributed by atoms with Crippen LogP contribution < -0.4 is 4.90 Å². The lowest BCUT2D eigenvalue weighted by molar-refractivity contribution is -0.385. The molecular formula is C17H26N4O3. The number of aromatic nitrogens is 1. The summed E-state index contributed by atoms with van der Waals surface area (Å²) in [7, 11) is 0. The molecule has 7 heteroatoms. The van der Waals surface area contributed by atoms with Gasteiger partial charge in [0.15, 0.2) is 0 Å². The maximum atomic E-state index is 11.0. The van der Waals surface area contributed by atoms with Crippen LogP contribution in [0.15, 0.2) is 12.1 Å². The van der Waals surface area contributed by atoms with Gasteiger partial charge in [-0.2, -0.15) is 0 Å². The predicted molar refractivity (Wildman–Crippen MR) is 92.4 cm³/mol. The van der Waals surface area contributed by atoms with Crippen LogP contribution in [0.5, 0.6) is 0 Å². The van der Waals surface area contributed by atoms with Crippen molar-refractivity contribution in [2.24, 2.45) is 0 Å². The van der Waals surface area contributed by atoms with Crippen molar-refractivity contribution in [3.8, 4) is 0 Å². The molecule has 0 aromatic carbocycles. The Hall–Kier alpha value is -1.73. The molecule has 0 N–H and O–H groups in total. The van der Waals surface area contributed by atoms with Crippen molar-refractivity contribution in [2.45, 2.75) is 51.9 Å². The molecule has 0 spiro atoms. The van der Waals surface area contributed by atoms with Crippen molar-refractivity contribution in [3.05, 3.63) is 27.9 Å². The summed E-state index contributed by atoms with van der Waals surface area (Å²) < 4.78 is 5.81. The Morgan fingerprint density at radius 3 is 2.67 bits per heavy atom. The Labute approximate surface area is 142 Å². The number of morpholine rings is 1. The molecular weight excluding hydrogens is 308 g/mol. The monoisotopic (exact) mass is 334 g/mol. The third-order valence-electron chi connectivity index (χ3n) is 4.88. The molecule has 24 heavy (non-hydrogen) atoms. The van der Waals surface area contributed by atoms with E-state index in [1.54, 1.807) is 19.1 Å². The first-order chi connectivity index (χ1) is 11.4. The van der Waals surface area contributed by atoms with Crippen LogP contribution in [0.25, 0.3) is 0 Å². The molecule has 0 saturated carbocycles. The number of ether oxygens (including phenoxy) is 1. The number of nitro groups is 1. The third-order valence-corrected chi connectivity index (χ3v) is 4.88. The predicted octanol–water partition coefficient (Wildman–Crippen LogP) is 2.38. The highest BCUT2D eigenvalue weighted by Gasteiger charge is 2.31. The minimum atomic E-state index is -0.371. The summed E-state index contributed by atoms with van der Waals surface area (Å²) in [6.07, 6.45) is 2.81. The van der Waals surface area contributed by atoms with Gasteiger partial charge in [0, 0.05) is 38.3 Å². The van der Waals surface area contributed by atoms with E-state index in [1.165, 1.54) is 0 Å². The van der Waals surface area contributed by atoms with Crippen LogP contribution in [0.4, 0.5) is 11.5 Å². The fourth-order valence-electron chi connectivity index (χ4n) is 3.95. The molecule has 0 radical (unpaired) electrons. The molecule has 3 heterocycles. The second-order valence-corrected chi connectivity index (χ2v) is 7.00. The van der Waals surface area contributed by atoms with Crippen LogP contribution in [0.2, 0.25) is 0 Å². The van der Waals surface area contributed by atoms with Crippen molar-refractivity contribution in [1.29, 1.82) is 0 Å². The summed E-state index contributed by atoms with van der Waals surface area (Å²) in [5.74, 6) is 0.856. The van der Waals surface area contributed by atoms with E-state index in [2.05, 4.69) is 28.6 Å². The van der Waals surface area contributed by atoms with E-state index in [0.717, 1.165) is 44.8 Å². The minimum Gasteiger partial charge on any atom is -0.373 e. The Kier molecular flexibility index (Phi) is 5.01. The number of hydrogen-bond donors (Lipinski definition) is 0. The number of aryl methyl sites for hydroxylation is 1. The second-order valence-electron chi connectivity index (χ2n) is 7.00. The van der Waals surface area contributed by atoms with Crippen molar-refractivity contribution < 1.29 is 9.66 Å². The number of anilines is 1. The molecule has 2 aliphatic rings. The van der Waals surface area contributed by atoms with Crippen LogP contribution in [0.3, 0.4) is 0 Å². The largest absolute Gasteiger partial charge is 0.373 e. The average molecular weight is 334 g/mol. The van der Waals surface area contributed by atoms with Gasteiger partial charge in [-0.05, 0) is 39.7 Å². The van der Waals surface area contributed by atoms with Crippen LogP contribution in [0, 0.1) is 17.0 Å². The number of rotatable bonds is 4. The Morgan fingerprint density at radius 1 is 1.33 bits per heavy atom. The zero-order valence-corrected chi connectivity index (χ0v) is 14.6. The van der Waals surface area contributed by atoms with E-state index in [9.17, 15) is 10.1 Å². The lowest BCUT2D eigenvalue weighted by Crippen LogP contribution is -2.50. The number of pyridine rings is 1. The highest BCUT2D eigenvalue weighted by Crippen LogP contribution is 2.28. The summed E-state index contributed by atoms with van der Waals surface area (Å²) in [5.41, 5.74) is 0.571. The SMILES string of the molecule is Cc1nc(N2CCC[C@@H]2CN2C[C@H](C)O[C@@H](C)C2)ccc1[N+](=O)[O-]. The van der Waals surface area contributed by atoms with Gasteiger partial charge in [-0.15, -0.1) is 0 Å². The average Bonchev–Trinajstić information content (AvgIpc) is 2.93. The van der Waals surface area contributed by atoms with Crippen LogP contribution in [-0.2, 0) is 4.74 Å². The van der Waals surface area contributed by atoms with E-state index in [4.69, 9.17) is 4.74 Å². The van der Waals surface area contributed by atoms with Crippen LogP contribution in [0.1, 0.15) is 32.4 Å². The van der Waals surface area contributed by atoms with Gasteiger partial charge in [0.25, 0.3) is 5.69 Å². The fraction of sp³-hybridized carbons (Fsp3) is 0.706. The first kappa shape index (κ1) is 17.1. The molecule has 3 rings (SSSR count).